The predicted molar refractivity (Wildman–Crippen MR) is 28.2 cm³/mol. The van der Waals surface area contributed by atoms with Gasteiger partial charge in [0.25, 0.3) is 0 Å². The minimum atomic E-state index is 0.590. The van der Waals surface area contributed by atoms with Crippen LogP contribution in [0.5, 0.6) is 0 Å². The van der Waals surface area contributed by atoms with E-state index in [2.05, 4.69) is 0 Å². The molecule has 1 aliphatic rings. The Morgan fingerprint density at radius 1 is 2.00 bits per heavy atom. The van der Waals surface area contributed by atoms with Crippen LogP contribution in [0.25, 0.3) is 0 Å². The highest BCUT2D eigenvalue weighted by atomic mass is 33.1. The van der Waals surface area contributed by atoms with Crippen molar-refractivity contribution in [3.05, 3.63) is 0 Å². The van der Waals surface area contributed by atoms with Gasteiger partial charge in [-0.1, -0.05) is 0 Å². The Morgan fingerprint density at radius 3 is 2.40 bits per heavy atom. The lowest BCUT2D eigenvalue weighted by Gasteiger charge is -1.83. The Morgan fingerprint density at radius 2 is 2.40 bits per heavy atom. The number of rotatable bonds is 0. The molecule has 28 valence electrons. The van der Waals surface area contributed by atoms with Gasteiger partial charge in [-0.2, -0.15) is 0 Å². The molecule has 1 heterocycles. The summed E-state index contributed by atoms with van der Waals surface area (Å²) in [5.41, 5.74) is 0. The lowest BCUT2D eigenvalue weighted by Crippen LogP contribution is -2.10. The van der Waals surface area contributed by atoms with Gasteiger partial charge in [-0.15, -0.1) is 0 Å². The fraction of sp³-hybridized carbons (Fsp3) is 0.500. The van der Waals surface area contributed by atoms with Crippen molar-refractivity contribution in [3.63, 3.8) is 0 Å². The molecule has 1 rings (SSSR count). The maximum Gasteiger partial charge on any atom is 0.450 e. The molecule has 0 unspecified atom stereocenters. The van der Waals surface area contributed by atoms with Gasteiger partial charge in [0.05, 0.1) is 10.8 Å². The molecule has 0 atom stereocenters. The Hall–Kier alpha value is 0.370. The Kier molecular flexibility index (Phi) is 0.870. The van der Waals surface area contributed by atoms with Gasteiger partial charge in [0.2, 0.25) is 16.5 Å². The third kappa shape index (κ3) is 0.605. The summed E-state index contributed by atoms with van der Waals surface area (Å²) in [6, 6.07) is 0. The lowest BCUT2D eigenvalue weighted by atomic mass is 10.9. The highest BCUT2D eigenvalue weighted by Gasteiger charge is 2.32. The van der Waals surface area contributed by atoms with Gasteiger partial charge < -0.3 is 0 Å². The van der Waals surface area contributed by atoms with Crippen molar-refractivity contribution in [2.24, 2.45) is 0 Å². The van der Waals surface area contributed by atoms with Crippen LogP contribution in [0.1, 0.15) is 0 Å². The van der Waals surface area contributed by atoms with Crippen LogP contribution in [0.15, 0.2) is 0 Å². The van der Waals surface area contributed by atoms with Crippen molar-refractivity contribution < 1.29 is 4.79 Å². The summed E-state index contributed by atoms with van der Waals surface area (Å²) in [6.07, 6.45) is 0. The zero-order chi connectivity index (χ0) is 3.70. The van der Waals surface area contributed by atoms with Crippen molar-refractivity contribution in [2.45, 2.75) is 0 Å². The molecule has 0 amide bonds. The molecule has 5 heavy (non-hydrogen) atoms. The second-order valence-corrected chi connectivity index (χ2v) is 3.32. The topological polar surface area (TPSA) is 21.4 Å². The largest absolute Gasteiger partial charge is 0.450 e. The molecule has 0 radical (unpaired) electrons. The molecule has 0 aromatic carbocycles. The molecule has 1 fully saturated rings. The molecule has 1 saturated heterocycles. The number of thiol groups is 1. The molecule has 0 spiro atoms. The van der Waals surface area contributed by atoms with Crippen LogP contribution >= 0.6 is 10.8 Å². The van der Waals surface area contributed by atoms with Crippen molar-refractivity contribution in [1.29, 1.82) is 0 Å². The molecule has 0 aromatic heterocycles. The molecule has 0 saturated carbocycles. The monoisotopic (exact) mass is 108 g/mol. The maximum absolute atomic E-state index is 8.32. The smallest absolute Gasteiger partial charge is 0.261 e. The number of hydrogen-bond donors (Lipinski definition) is 0. The van der Waals surface area contributed by atoms with E-state index < -0.39 is 0 Å². The van der Waals surface area contributed by atoms with E-state index in [1.54, 1.807) is 0 Å². The average Bonchev–Trinajstić information content (AvgIpc) is 1.30. The van der Waals surface area contributed by atoms with E-state index in [1.807, 2.05) is 0 Å². The highest BCUT2D eigenvalue weighted by molar-refractivity contribution is 8.77. The molecule has 1 N–H and O–H groups in total. The van der Waals surface area contributed by atoms with Gasteiger partial charge in [-0.3, -0.25) is 4.79 Å². The van der Waals surface area contributed by atoms with Gasteiger partial charge in [0, 0.05) is 0 Å². The molecule has 1 nitrogen and oxygen atoms in total. The third-order valence-corrected chi connectivity index (χ3v) is 2.90. The van der Waals surface area contributed by atoms with E-state index in [0.29, 0.717) is 5.12 Å². The van der Waals surface area contributed by atoms with Crippen LogP contribution in [-0.4, -0.2) is 15.7 Å². The third-order valence-electron chi connectivity index (χ3n) is 0.370. The summed E-state index contributed by atoms with van der Waals surface area (Å²) in [4.78, 5) is 8.32. The average molecular weight is 108 g/mol. The minimum Gasteiger partial charge on any atom is -0.261 e. The zero-order valence-electron chi connectivity index (χ0n) is 2.51. The van der Waals surface area contributed by atoms with Gasteiger partial charge in [0.15, 0.2) is 0 Å². The van der Waals surface area contributed by atoms with E-state index in [1.165, 1.54) is 21.6 Å². The van der Waals surface area contributed by atoms with Crippen LogP contribution in [0.4, 0.5) is 0 Å². The molecule has 0 aromatic rings. The SMILES string of the molecule is [OH+]=C1C[SH+]S1. The van der Waals surface area contributed by atoms with Crippen molar-refractivity contribution >= 4 is 26.7 Å². The van der Waals surface area contributed by atoms with Crippen molar-refractivity contribution in [3.8, 4) is 0 Å². The van der Waals surface area contributed by atoms with Gasteiger partial charge >= 0.3 is 5.12 Å². The normalized spacial score (nSPS) is 22.0. The summed E-state index contributed by atoms with van der Waals surface area (Å²) in [5.74, 6) is 0.894. The first-order chi connectivity index (χ1) is 2.39. The quantitative estimate of drug-likeness (QED) is 0.242. The molecule has 0 bridgehead atoms. The second kappa shape index (κ2) is 1.22. The first kappa shape index (κ1) is 3.56. The molecule has 3 heteroatoms. The van der Waals surface area contributed by atoms with Crippen LogP contribution in [0, 0.1) is 0 Å². The first-order valence-corrected chi connectivity index (χ1v) is 3.78. The van der Waals surface area contributed by atoms with E-state index in [4.69, 9.17) is 4.79 Å². The fourth-order valence-corrected chi connectivity index (χ4v) is 1.10. The van der Waals surface area contributed by atoms with E-state index in [9.17, 15) is 0 Å². The van der Waals surface area contributed by atoms with Crippen LogP contribution in [0.3, 0.4) is 0 Å². The van der Waals surface area contributed by atoms with Gasteiger partial charge in [-0.05, 0) is 0 Å². The molecular weight excluding hydrogens is 104 g/mol. The Bertz CT molecular complexity index is 54.7. The Balaban J connectivity index is 2.32. The standard InChI is InChI=1S/C2H2OS2/c3-2-1-4-5-2/h1H2/p+2. The predicted octanol–water partition coefficient (Wildman–Crippen LogP) is -0.0345. The zero-order valence-corrected chi connectivity index (χ0v) is 4.22. The van der Waals surface area contributed by atoms with E-state index >= 15 is 0 Å². The van der Waals surface area contributed by atoms with Crippen LogP contribution in [-0.2, 0) is 10.8 Å². The summed E-state index contributed by atoms with van der Waals surface area (Å²) in [6.45, 7) is 0. The fourth-order valence-electron chi connectivity index (χ4n) is 0.122. The van der Waals surface area contributed by atoms with Gasteiger partial charge in [0.1, 0.15) is 0 Å². The van der Waals surface area contributed by atoms with E-state index in [-0.39, 0.29) is 0 Å². The molecule has 1 aliphatic heterocycles. The second-order valence-electron chi connectivity index (χ2n) is 0.772. The highest BCUT2D eigenvalue weighted by Crippen LogP contribution is 2.15. The van der Waals surface area contributed by atoms with E-state index in [0.717, 1.165) is 5.75 Å². The Labute approximate surface area is 37.9 Å². The van der Waals surface area contributed by atoms with Crippen LogP contribution < -0.4 is 0 Å². The first-order valence-electron chi connectivity index (χ1n) is 1.28. The minimum absolute atomic E-state index is 0.590. The number of carbonyl (C=O) groups excluding carboxylic acids is 1. The maximum atomic E-state index is 8.32. The van der Waals surface area contributed by atoms with Crippen LogP contribution in [0.2, 0.25) is 0 Å². The molecular formula is C2H4OS2+2. The summed E-state index contributed by atoms with van der Waals surface area (Å²) >= 11 is 0. The summed E-state index contributed by atoms with van der Waals surface area (Å²) in [7, 11) is 2.81. The summed E-state index contributed by atoms with van der Waals surface area (Å²) in [5, 5.41) is 0.590. The van der Waals surface area contributed by atoms with Crippen molar-refractivity contribution in [2.75, 3.05) is 5.75 Å². The van der Waals surface area contributed by atoms with Crippen molar-refractivity contribution in [1.82, 2.24) is 0 Å². The summed E-state index contributed by atoms with van der Waals surface area (Å²) < 4.78 is 0. The lowest BCUT2D eigenvalue weighted by molar-refractivity contribution is 0.686. The molecule has 0 aliphatic carbocycles. The van der Waals surface area contributed by atoms with Gasteiger partial charge in [-0.25, -0.2) is 0 Å². The number of hydrogen-bond acceptors (Lipinski definition) is 1.